The van der Waals surface area contributed by atoms with Gasteiger partial charge < -0.3 is 15.5 Å². The van der Waals surface area contributed by atoms with E-state index in [1.807, 2.05) is 18.2 Å². The van der Waals surface area contributed by atoms with Gasteiger partial charge in [-0.25, -0.2) is 0 Å². The third-order valence-corrected chi connectivity index (χ3v) is 4.40. The second kappa shape index (κ2) is 9.70. The van der Waals surface area contributed by atoms with Gasteiger partial charge in [0, 0.05) is 10.6 Å². The van der Waals surface area contributed by atoms with Crippen LogP contribution < -0.4 is 15.5 Å². The van der Waals surface area contributed by atoms with Crippen LogP contribution in [-0.4, -0.2) is 31.5 Å². The Kier molecular flexibility index (Phi) is 7.61. The van der Waals surface area contributed by atoms with Gasteiger partial charge in [-0.2, -0.15) is 8.78 Å². The van der Waals surface area contributed by atoms with E-state index < -0.39 is 5.76 Å². The molecule has 0 aromatic heterocycles. The number of benzene rings is 2. The van der Waals surface area contributed by atoms with Crippen LogP contribution in [0.1, 0.15) is 11.6 Å². The number of alkyl halides is 2. The van der Waals surface area contributed by atoms with Crippen LogP contribution in [0.4, 0.5) is 14.5 Å². The number of nitrogens with one attached hydrogen (secondary N) is 3. The number of halogens is 2. The summed E-state index contributed by atoms with van der Waals surface area (Å²) in [5, 5.41) is 6.95. The molecule has 0 bridgehead atoms. The van der Waals surface area contributed by atoms with E-state index in [-0.39, 0.29) is 6.04 Å². The van der Waals surface area contributed by atoms with Crippen molar-refractivity contribution in [3.05, 3.63) is 60.2 Å². The highest BCUT2D eigenvalue weighted by atomic mass is 32.2. The molecular weight excluding hydrogens is 360 g/mol. The van der Waals surface area contributed by atoms with E-state index in [2.05, 4.69) is 36.9 Å². The standard InChI is InChI=1S/C18H21F2N3S2/c1-23(2)12-16(13-6-4-3-5-7-13)22-18(24)21-14-8-10-15(11-9-14)25-17(19)20/h3-11,16-17H,12H2,1-2H3,(H2,21,22,24)/p+1/t16-/m0/s1. The van der Waals surface area contributed by atoms with Gasteiger partial charge in [0.2, 0.25) is 0 Å². The summed E-state index contributed by atoms with van der Waals surface area (Å²) in [5.41, 5.74) is 1.93. The number of rotatable bonds is 7. The fourth-order valence-corrected chi connectivity index (χ4v) is 3.15. The molecule has 0 aliphatic rings. The summed E-state index contributed by atoms with van der Waals surface area (Å²) >= 11 is 5.94. The second-order valence-electron chi connectivity index (χ2n) is 5.88. The third-order valence-electron chi connectivity index (χ3n) is 3.46. The molecule has 0 radical (unpaired) electrons. The molecule has 0 fully saturated rings. The number of hydrogen-bond acceptors (Lipinski definition) is 2. The monoisotopic (exact) mass is 382 g/mol. The van der Waals surface area contributed by atoms with Crippen molar-refractivity contribution in [1.29, 1.82) is 0 Å². The lowest BCUT2D eigenvalue weighted by Crippen LogP contribution is -3.06. The fraction of sp³-hybridized carbons (Fsp3) is 0.278. The third kappa shape index (κ3) is 6.97. The summed E-state index contributed by atoms with van der Waals surface area (Å²) < 4.78 is 24.7. The second-order valence-corrected chi connectivity index (χ2v) is 7.35. The van der Waals surface area contributed by atoms with E-state index in [4.69, 9.17) is 12.2 Å². The van der Waals surface area contributed by atoms with Gasteiger partial charge in [0.25, 0.3) is 5.76 Å². The topological polar surface area (TPSA) is 28.5 Å². The molecule has 25 heavy (non-hydrogen) atoms. The molecule has 2 aromatic rings. The lowest BCUT2D eigenvalue weighted by molar-refractivity contribution is -0.860. The van der Waals surface area contributed by atoms with Crippen LogP contribution in [0.25, 0.3) is 0 Å². The first-order valence-corrected chi connectivity index (χ1v) is 9.19. The van der Waals surface area contributed by atoms with Crippen LogP contribution in [0.15, 0.2) is 59.5 Å². The van der Waals surface area contributed by atoms with E-state index in [0.717, 1.165) is 17.8 Å². The maximum absolute atomic E-state index is 12.4. The van der Waals surface area contributed by atoms with Gasteiger partial charge >= 0.3 is 0 Å². The highest BCUT2D eigenvalue weighted by Gasteiger charge is 2.16. The van der Waals surface area contributed by atoms with E-state index in [1.54, 1.807) is 24.3 Å². The zero-order valence-electron chi connectivity index (χ0n) is 14.1. The van der Waals surface area contributed by atoms with E-state index >= 15 is 0 Å². The molecule has 0 amide bonds. The first-order valence-electron chi connectivity index (χ1n) is 7.90. The summed E-state index contributed by atoms with van der Waals surface area (Å²) in [6, 6.07) is 17.0. The minimum Gasteiger partial charge on any atom is -0.350 e. The van der Waals surface area contributed by atoms with Crippen LogP contribution in [0.5, 0.6) is 0 Å². The van der Waals surface area contributed by atoms with Gasteiger partial charge in [-0.1, -0.05) is 42.1 Å². The highest BCUT2D eigenvalue weighted by molar-refractivity contribution is 7.99. The van der Waals surface area contributed by atoms with Crippen molar-refractivity contribution in [3.8, 4) is 0 Å². The van der Waals surface area contributed by atoms with Gasteiger partial charge in [0.05, 0.1) is 14.1 Å². The normalized spacial score (nSPS) is 12.2. The number of thiocarbonyl (C=S) groups is 1. The average molecular weight is 383 g/mol. The minimum absolute atomic E-state index is 0.0832. The number of anilines is 1. The zero-order chi connectivity index (χ0) is 18.2. The van der Waals surface area contributed by atoms with Crippen LogP contribution in [0, 0.1) is 0 Å². The first kappa shape index (κ1) is 19.6. The Hall–Kier alpha value is -1.70. The number of thioether (sulfide) groups is 1. The zero-order valence-corrected chi connectivity index (χ0v) is 15.8. The van der Waals surface area contributed by atoms with E-state index in [9.17, 15) is 8.78 Å². The van der Waals surface area contributed by atoms with E-state index in [0.29, 0.717) is 21.8 Å². The lowest BCUT2D eigenvalue weighted by Gasteiger charge is -2.22. The van der Waals surface area contributed by atoms with Crippen molar-refractivity contribution in [2.75, 3.05) is 26.0 Å². The van der Waals surface area contributed by atoms with Gasteiger partial charge in [-0.3, -0.25) is 0 Å². The number of likely N-dealkylation sites (N-methyl/N-ethyl adjacent to an activating group) is 1. The molecule has 7 heteroatoms. The lowest BCUT2D eigenvalue weighted by atomic mass is 10.1. The summed E-state index contributed by atoms with van der Waals surface area (Å²) in [6.07, 6.45) is 0. The molecule has 3 N–H and O–H groups in total. The summed E-state index contributed by atoms with van der Waals surface area (Å²) in [5.74, 6) is -2.42. The Morgan fingerprint density at radius 1 is 1.08 bits per heavy atom. The Labute approximate surface area is 156 Å². The van der Waals surface area contributed by atoms with Crippen molar-refractivity contribution in [2.24, 2.45) is 0 Å². The van der Waals surface area contributed by atoms with Gasteiger partial charge in [0.15, 0.2) is 5.11 Å². The molecule has 134 valence electrons. The Bertz CT molecular complexity index is 664. The molecule has 0 saturated heterocycles. The predicted octanol–water partition coefficient (Wildman–Crippen LogP) is 3.17. The van der Waals surface area contributed by atoms with Crippen LogP contribution in [0.3, 0.4) is 0 Å². The van der Waals surface area contributed by atoms with Crippen molar-refractivity contribution in [1.82, 2.24) is 5.32 Å². The maximum Gasteiger partial charge on any atom is 0.288 e. The summed E-state index contributed by atoms with van der Waals surface area (Å²) in [7, 11) is 4.18. The largest absolute Gasteiger partial charge is 0.350 e. The molecule has 0 aliphatic heterocycles. The van der Waals surface area contributed by atoms with Gasteiger partial charge in [0.1, 0.15) is 12.6 Å². The van der Waals surface area contributed by atoms with Gasteiger partial charge in [-0.05, 0) is 42.0 Å². The molecule has 2 aromatic carbocycles. The maximum atomic E-state index is 12.4. The SMILES string of the molecule is C[NH+](C)C[C@H](NC(=S)Nc1ccc(SC(F)F)cc1)c1ccccc1. The van der Waals surface area contributed by atoms with Crippen LogP contribution in [0.2, 0.25) is 0 Å². The van der Waals surface area contributed by atoms with Crippen molar-refractivity contribution in [2.45, 2.75) is 16.7 Å². The van der Waals surface area contributed by atoms with Gasteiger partial charge in [-0.15, -0.1) is 0 Å². The van der Waals surface area contributed by atoms with Crippen molar-refractivity contribution >= 4 is 34.8 Å². The Balaban J connectivity index is 1.98. The number of hydrogen-bond donors (Lipinski definition) is 3. The Morgan fingerprint density at radius 2 is 1.72 bits per heavy atom. The summed E-state index contributed by atoms with van der Waals surface area (Å²) in [4.78, 5) is 1.83. The molecule has 0 unspecified atom stereocenters. The van der Waals surface area contributed by atoms with Crippen LogP contribution in [-0.2, 0) is 0 Å². The average Bonchev–Trinajstić information content (AvgIpc) is 2.56. The van der Waals surface area contributed by atoms with Crippen molar-refractivity contribution < 1.29 is 13.7 Å². The molecular formula is C18H22F2N3S2+. The molecule has 0 saturated carbocycles. The molecule has 2 rings (SSSR count). The molecule has 3 nitrogen and oxygen atoms in total. The van der Waals surface area contributed by atoms with E-state index in [1.165, 1.54) is 4.90 Å². The first-order chi connectivity index (χ1) is 11.9. The van der Waals surface area contributed by atoms with Crippen molar-refractivity contribution in [3.63, 3.8) is 0 Å². The summed E-state index contributed by atoms with van der Waals surface area (Å²) in [6.45, 7) is 0.871. The fourth-order valence-electron chi connectivity index (χ4n) is 2.39. The smallest absolute Gasteiger partial charge is 0.288 e. The quantitative estimate of drug-likeness (QED) is 0.507. The Morgan fingerprint density at radius 3 is 2.28 bits per heavy atom. The van der Waals surface area contributed by atoms with Crippen LogP contribution >= 0.6 is 24.0 Å². The molecule has 0 heterocycles. The molecule has 0 spiro atoms. The highest BCUT2D eigenvalue weighted by Crippen LogP contribution is 2.26. The predicted molar refractivity (Wildman–Crippen MR) is 105 cm³/mol. The number of quaternary nitrogens is 1. The minimum atomic E-state index is -2.42. The molecule has 1 atom stereocenters. The molecule has 0 aliphatic carbocycles.